The van der Waals surface area contributed by atoms with Crippen molar-refractivity contribution in [1.29, 1.82) is 0 Å². The largest absolute Gasteiger partial charge is 0.493 e. The van der Waals surface area contributed by atoms with Gasteiger partial charge in [0.15, 0.2) is 18.1 Å². The molecule has 1 fully saturated rings. The molecule has 1 heterocycles. The van der Waals surface area contributed by atoms with Gasteiger partial charge in [0.2, 0.25) is 0 Å². The normalized spacial score (nSPS) is 13.7. The summed E-state index contributed by atoms with van der Waals surface area (Å²) >= 11 is 5.60. The molecule has 2 aromatic carbocycles. The average Bonchev–Trinajstić information content (AvgIpc) is 2.71. The van der Waals surface area contributed by atoms with Crippen LogP contribution in [0.25, 0.3) is 0 Å². The number of anilines is 1. The number of aryl methyl sites for hydroxylation is 2. The van der Waals surface area contributed by atoms with Crippen molar-refractivity contribution in [3.63, 3.8) is 0 Å². The van der Waals surface area contributed by atoms with Crippen LogP contribution in [0.2, 0.25) is 0 Å². The first-order valence-corrected chi connectivity index (χ1v) is 9.93. The Bertz CT molecular complexity index is 874. The van der Waals surface area contributed by atoms with Crippen LogP contribution in [0.5, 0.6) is 11.5 Å². The number of hydrogen-bond donors (Lipinski definition) is 1. The number of nitrogens with zero attached hydrogens (tertiary/aromatic N) is 1. The molecule has 3 rings (SSSR count). The summed E-state index contributed by atoms with van der Waals surface area (Å²) in [4.78, 5) is 15.1. The highest BCUT2D eigenvalue weighted by Crippen LogP contribution is 2.29. The number of carbonyl (C=O) groups is 1. The van der Waals surface area contributed by atoms with Crippen molar-refractivity contribution in [1.82, 2.24) is 4.90 Å². The molecule has 154 valence electrons. The molecule has 0 spiro atoms. The highest BCUT2D eigenvalue weighted by atomic mass is 32.1. The molecule has 1 amide bonds. The van der Waals surface area contributed by atoms with E-state index in [0.717, 1.165) is 40.5 Å². The summed E-state index contributed by atoms with van der Waals surface area (Å²) in [6, 6.07) is 11.4. The van der Waals surface area contributed by atoms with Gasteiger partial charge in [0, 0.05) is 24.3 Å². The Labute approximate surface area is 176 Å². The van der Waals surface area contributed by atoms with Crippen LogP contribution in [0, 0.1) is 13.8 Å². The molecule has 2 aromatic rings. The van der Waals surface area contributed by atoms with E-state index in [4.69, 9.17) is 26.4 Å². The Hall–Kier alpha value is -2.64. The lowest BCUT2D eigenvalue weighted by Gasteiger charge is -2.29. The van der Waals surface area contributed by atoms with Gasteiger partial charge in [-0.2, -0.15) is 0 Å². The molecule has 1 aliphatic rings. The highest BCUT2D eigenvalue weighted by molar-refractivity contribution is 7.80. The van der Waals surface area contributed by atoms with Crippen LogP contribution in [-0.4, -0.2) is 55.8 Å². The number of hydrogen-bond acceptors (Lipinski definition) is 5. The Kier molecular flexibility index (Phi) is 7.06. The van der Waals surface area contributed by atoms with E-state index in [2.05, 4.69) is 16.3 Å². The zero-order valence-corrected chi connectivity index (χ0v) is 17.8. The van der Waals surface area contributed by atoms with Crippen molar-refractivity contribution < 1.29 is 19.0 Å². The molecule has 1 aliphatic heterocycles. The number of thiocarbonyl (C=S) groups is 1. The minimum absolute atomic E-state index is 0.114. The lowest BCUT2D eigenvalue weighted by Crippen LogP contribution is -2.40. The zero-order valence-electron chi connectivity index (χ0n) is 17.0. The van der Waals surface area contributed by atoms with Gasteiger partial charge < -0.3 is 24.4 Å². The van der Waals surface area contributed by atoms with Gasteiger partial charge in [0.25, 0.3) is 5.91 Å². The van der Waals surface area contributed by atoms with Crippen LogP contribution < -0.4 is 14.8 Å². The molecule has 0 bridgehead atoms. The lowest BCUT2D eigenvalue weighted by molar-refractivity contribution is -0.118. The lowest BCUT2D eigenvalue weighted by atomic mass is 10.1. The molecule has 7 heteroatoms. The smallest absolute Gasteiger partial charge is 0.262 e. The van der Waals surface area contributed by atoms with Gasteiger partial charge in [-0.1, -0.05) is 18.3 Å². The standard InChI is InChI=1S/C22H26N2O4S/c1-15-10-16(2)12-18(11-15)23-21(25)14-28-19-5-4-17(13-20(19)26-3)22(29)24-6-8-27-9-7-24/h4-5,10-13H,6-9,14H2,1-3H3,(H,23,25). The second-order valence-corrected chi connectivity index (χ2v) is 7.37. The summed E-state index contributed by atoms with van der Waals surface area (Å²) in [5, 5.41) is 2.86. The fraction of sp³-hybridized carbons (Fsp3) is 0.364. The summed E-state index contributed by atoms with van der Waals surface area (Å²) in [5.41, 5.74) is 3.82. The van der Waals surface area contributed by atoms with Crippen molar-refractivity contribution in [3.05, 3.63) is 53.1 Å². The topological polar surface area (TPSA) is 60.0 Å². The van der Waals surface area contributed by atoms with E-state index in [1.165, 1.54) is 0 Å². The number of carbonyl (C=O) groups excluding carboxylic acids is 1. The summed E-state index contributed by atoms with van der Waals surface area (Å²) in [6.07, 6.45) is 0. The van der Waals surface area contributed by atoms with Crippen molar-refractivity contribution in [2.75, 3.05) is 45.3 Å². The molecule has 0 unspecified atom stereocenters. The first-order chi connectivity index (χ1) is 14.0. The van der Waals surface area contributed by atoms with Gasteiger partial charge in [-0.3, -0.25) is 4.79 Å². The van der Waals surface area contributed by atoms with E-state index in [0.29, 0.717) is 24.7 Å². The maximum Gasteiger partial charge on any atom is 0.262 e. The van der Waals surface area contributed by atoms with E-state index in [9.17, 15) is 4.79 Å². The molecular weight excluding hydrogens is 388 g/mol. The summed E-state index contributed by atoms with van der Waals surface area (Å²) in [6.45, 7) is 6.77. The van der Waals surface area contributed by atoms with Crippen molar-refractivity contribution in [2.45, 2.75) is 13.8 Å². The van der Waals surface area contributed by atoms with E-state index in [1.54, 1.807) is 13.2 Å². The Morgan fingerprint density at radius 3 is 2.45 bits per heavy atom. The predicted molar refractivity (Wildman–Crippen MR) is 117 cm³/mol. The van der Waals surface area contributed by atoms with Crippen molar-refractivity contribution >= 4 is 28.8 Å². The monoisotopic (exact) mass is 414 g/mol. The first kappa shape index (κ1) is 21.1. The minimum Gasteiger partial charge on any atom is -0.493 e. The van der Waals surface area contributed by atoms with E-state index in [-0.39, 0.29) is 12.5 Å². The number of methoxy groups -OCH3 is 1. The van der Waals surface area contributed by atoms with Crippen LogP contribution in [0.3, 0.4) is 0 Å². The molecule has 29 heavy (non-hydrogen) atoms. The number of benzene rings is 2. The molecule has 0 saturated carbocycles. The first-order valence-electron chi connectivity index (χ1n) is 9.52. The molecule has 1 saturated heterocycles. The van der Waals surface area contributed by atoms with Gasteiger partial charge >= 0.3 is 0 Å². The summed E-state index contributed by atoms with van der Waals surface area (Å²) in [5.74, 6) is 0.805. The number of morpholine rings is 1. The third-order valence-corrected chi connectivity index (χ3v) is 5.07. The van der Waals surface area contributed by atoms with Gasteiger partial charge in [-0.25, -0.2) is 0 Å². The molecule has 1 N–H and O–H groups in total. The van der Waals surface area contributed by atoms with E-state index in [1.807, 2.05) is 38.1 Å². The van der Waals surface area contributed by atoms with Crippen LogP contribution in [0.1, 0.15) is 16.7 Å². The fourth-order valence-electron chi connectivity index (χ4n) is 3.26. The number of amides is 1. The van der Waals surface area contributed by atoms with Gasteiger partial charge in [-0.15, -0.1) is 0 Å². The van der Waals surface area contributed by atoms with Crippen LogP contribution >= 0.6 is 12.2 Å². The fourth-order valence-corrected chi connectivity index (χ4v) is 3.57. The van der Waals surface area contributed by atoms with Gasteiger partial charge in [0.05, 0.1) is 20.3 Å². The Balaban J connectivity index is 1.62. The van der Waals surface area contributed by atoms with Crippen molar-refractivity contribution in [2.24, 2.45) is 0 Å². The molecule has 0 aromatic heterocycles. The number of ether oxygens (including phenoxy) is 3. The highest BCUT2D eigenvalue weighted by Gasteiger charge is 2.17. The summed E-state index contributed by atoms with van der Waals surface area (Å²) in [7, 11) is 1.57. The second kappa shape index (κ2) is 9.71. The van der Waals surface area contributed by atoms with E-state index >= 15 is 0 Å². The number of nitrogens with one attached hydrogen (secondary N) is 1. The summed E-state index contributed by atoms with van der Waals surface area (Å²) < 4.78 is 16.5. The third kappa shape index (κ3) is 5.68. The Morgan fingerprint density at radius 2 is 1.79 bits per heavy atom. The van der Waals surface area contributed by atoms with Crippen LogP contribution in [0.4, 0.5) is 5.69 Å². The average molecular weight is 415 g/mol. The van der Waals surface area contributed by atoms with Crippen LogP contribution in [0.15, 0.2) is 36.4 Å². The van der Waals surface area contributed by atoms with E-state index < -0.39 is 0 Å². The SMILES string of the molecule is COc1cc(C(=S)N2CCOCC2)ccc1OCC(=O)Nc1cc(C)cc(C)c1. The molecular formula is C22H26N2O4S. The predicted octanol–water partition coefficient (Wildman–Crippen LogP) is 3.34. The van der Waals surface area contributed by atoms with Gasteiger partial charge in [0.1, 0.15) is 4.99 Å². The minimum atomic E-state index is -0.232. The maximum atomic E-state index is 12.3. The Morgan fingerprint density at radius 1 is 1.10 bits per heavy atom. The molecule has 0 aliphatic carbocycles. The second-order valence-electron chi connectivity index (χ2n) is 6.98. The molecule has 0 radical (unpaired) electrons. The molecule has 0 atom stereocenters. The quantitative estimate of drug-likeness (QED) is 0.732. The zero-order chi connectivity index (χ0) is 20.8. The van der Waals surface area contributed by atoms with Gasteiger partial charge in [-0.05, 0) is 55.3 Å². The maximum absolute atomic E-state index is 12.3. The van der Waals surface area contributed by atoms with Crippen molar-refractivity contribution in [3.8, 4) is 11.5 Å². The van der Waals surface area contributed by atoms with Crippen LogP contribution in [-0.2, 0) is 9.53 Å². The number of rotatable bonds is 6. The molecule has 6 nitrogen and oxygen atoms in total. The third-order valence-electron chi connectivity index (χ3n) is 4.57.